The van der Waals surface area contributed by atoms with Crippen LogP contribution >= 0.6 is 0 Å². The standard InChI is InChI=1S/C24H26N4O3/c1-16(25-2)23(29)26-20-13-12-18-10-6-7-11-22(18)28(24(20)30)15-19-14-21(27-31-19)17-8-4-3-5-9-17/h3-11,14,16,20,25H,12-13,15H2,1-2H3,(H,26,29)/t16-,20?/m0/s1. The van der Waals surface area contributed by atoms with E-state index in [1.807, 2.05) is 60.7 Å². The van der Waals surface area contributed by atoms with Crippen LogP contribution in [0.1, 0.15) is 24.7 Å². The second-order valence-corrected chi connectivity index (χ2v) is 7.71. The summed E-state index contributed by atoms with van der Waals surface area (Å²) in [7, 11) is 1.72. The first-order valence-corrected chi connectivity index (χ1v) is 10.4. The van der Waals surface area contributed by atoms with E-state index in [4.69, 9.17) is 4.52 Å². The first kappa shape index (κ1) is 20.8. The van der Waals surface area contributed by atoms with Gasteiger partial charge >= 0.3 is 0 Å². The van der Waals surface area contributed by atoms with Crippen LogP contribution in [-0.4, -0.2) is 36.1 Å². The molecule has 0 saturated carbocycles. The van der Waals surface area contributed by atoms with Crippen molar-refractivity contribution in [3.63, 3.8) is 0 Å². The highest BCUT2D eigenvalue weighted by Gasteiger charge is 2.32. The van der Waals surface area contributed by atoms with Gasteiger partial charge in [0.2, 0.25) is 11.8 Å². The number of carbonyl (C=O) groups excluding carboxylic acids is 2. The molecule has 2 heterocycles. The maximum Gasteiger partial charge on any atom is 0.249 e. The lowest BCUT2D eigenvalue weighted by Gasteiger charge is -2.26. The van der Waals surface area contributed by atoms with Gasteiger partial charge in [-0.1, -0.05) is 53.7 Å². The van der Waals surface area contributed by atoms with Crippen LogP contribution in [0.25, 0.3) is 11.3 Å². The molecule has 7 heteroatoms. The minimum Gasteiger partial charge on any atom is -0.359 e. The fourth-order valence-electron chi connectivity index (χ4n) is 3.73. The summed E-state index contributed by atoms with van der Waals surface area (Å²) >= 11 is 0. The van der Waals surface area contributed by atoms with Crippen LogP contribution in [0.2, 0.25) is 0 Å². The van der Waals surface area contributed by atoms with Crippen molar-refractivity contribution in [3.8, 4) is 11.3 Å². The van der Waals surface area contributed by atoms with E-state index in [-0.39, 0.29) is 24.4 Å². The number of carbonyl (C=O) groups is 2. The molecule has 0 radical (unpaired) electrons. The molecule has 31 heavy (non-hydrogen) atoms. The maximum atomic E-state index is 13.5. The number of benzene rings is 2. The van der Waals surface area contributed by atoms with Gasteiger partial charge in [-0.2, -0.15) is 0 Å². The number of aromatic nitrogens is 1. The number of likely N-dealkylation sites (N-methyl/N-ethyl adjacent to an activating group) is 1. The van der Waals surface area contributed by atoms with E-state index < -0.39 is 6.04 Å². The quantitative estimate of drug-likeness (QED) is 0.643. The van der Waals surface area contributed by atoms with Crippen LogP contribution < -0.4 is 15.5 Å². The molecular weight excluding hydrogens is 392 g/mol. The minimum atomic E-state index is -0.604. The van der Waals surface area contributed by atoms with E-state index in [1.54, 1.807) is 18.9 Å². The third kappa shape index (κ3) is 4.51. The molecule has 0 spiro atoms. The van der Waals surface area contributed by atoms with E-state index in [1.165, 1.54) is 0 Å². The van der Waals surface area contributed by atoms with Gasteiger partial charge in [-0.05, 0) is 38.4 Å². The zero-order valence-electron chi connectivity index (χ0n) is 17.7. The summed E-state index contributed by atoms with van der Waals surface area (Å²) in [6, 6.07) is 18.5. The van der Waals surface area contributed by atoms with Gasteiger partial charge in [0.05, 0.1) is 12.6 Å². The van der Waals surface area contributed by atoms with Gasteiger partial charge in [-0.3, -0.25) is 9.59 Å². The first-order valence-electron chi connectivity index (χ1n) is 10.4. The molecule has 1 aromatic heterocycles. The van der Waals surface area contributed by atoms with Crippen LogP contribution in [0.3, 0.4) is 0 Å². The highest BCUT2D eigenvalue weighted by Crippen LogP contribution is 2.29. The van der Waals surface area contributed by atoms with Gasteiger partial charge in [0.15, 0.2) is 5.76 Å². The predicted molar refractivity (Wildman–Crippen MR) is 118 cm³/mol. The summed E-state index contributed by atoms with van der Waals surface area (Å²) in [6.07, 6.45) is 1.24. The number of para-hydroxylation sites is 1. The fraction of sp³-hybridized carbons (Fsp3) is 0.292. The van der Waals surface area contributed by atoms with Gasteiger partial charge in [0.25, 0.3) is 0 Å². The Morgan fingerprint density at radius 1 is 1.19 bits per heavy atom. The minimum absolute atomic E-state index is 0.153. The average Bonchev–Trinajstić information content (AvgIpc) is 3.24. The summed E-state index contributed by atoms with van der Waals surface area (Å²) in [5, 5.41) is 9.98. The molecule has 160 valence electrons. The summed E-state index contributed by atoms with van der Waals surface area (Å²) in [5.41, 5.74) is 3.57. The Balaban J connectivity index is 1.61. The second-order valence-electron chi connectivity index (χ2n) is 7.71. The van der Waals surface area contributed by atoms with Gasteiger partial charge in [0.1, 0.15) is 11.7 Å². The van der Waals surface area contributed by atoms with Crippen LogP contribution in [0.5, 0.6) is 0 Å². The van der Waals surface area contributed by atoms with Gasteiger partial charge in [0, 0.05) is 17.3 Å². The lowest BCUT2D eigenvalue weighted by atomic mass is 10.1. The van der Waals surface area contributed by atoms with Crippen molar-refractivity contribution in [3.05, 3.63) is 72.0 Å². The van der Waals surface area contributed by atoms with Crippen molar-refractivity contribution < 1.29 is 14.1 Å². The molecule has 1 aliphatic rings. The summed E-state index contributed by atoms with van der Waals surface area (Å²) in [4.78, 5) is 27.6. The number of fused-ring (bicyclic) bond motifs is 1. The third-order valence-electron chi connectivity index (χ3n) is 5.63. The number of hydrogen-bond donors (Lipinski definition) is 2. The molecular formula is C24H26N4O3. The molecule has 0 fully saturated rings. The van der Waals surface area contributed by atoms with Crippen molar-refractivity contribution in [2.45, 2.75) is 38.4 Å². The van der Waals surface area contributed by atoms with E-state index in [0.717, 1.165) is 22.5 Å². The van der Waals surface area contributed by atoms with Crippen molar-refractivity contribution >= 4 is 17.5 Å². The molecule has 3 aromatic rings. The third-order valence-corrected chi connectivity index (χ3v) is 5.63. The molecule has 2 N–H and O–H groups in total. The van der Waals surface area contributed by atoms with Crippen molar-refractivity contribution in [2.75, 3.05) is 11.9 Å². The number of rotatable bonds is 6. The van der Waals surface area contributed by atoms with Crippen molar-refractivity contribution in [2.24, 2.45) is 0 Å². The Kier molecular flexibility index (Phi) is 6.13. The Bertz CT molecular complexity index is 1060. The number of amides is 2. The Hall–Kier alpha value is -3.45. The number of aryl methyl sites for hydroxylation is 1. The summed E-state index contributed by atoms with van der Waals surface area (Å²) < 4.78 is 5.56. The zero-order chi connectivity index (χ0) is 21.8. The van der Waals surface area contributed by atoms with Gasteiger partial charge in [-0.25, -0.2) is 0 Å². The summed E-state index contributed by atoms with van der Waals surface area (Å²) in [5.74, 6) is 0.231. The van der Waals surface area contributed by atoms with Crippen LogP contribution in [0.4, 0.5) is 5.69 Å². The van der Waals surface area contributed by atoms with Crippen LogP contribution in [-0.2, 0) is 22.6 Å². The van der Waals surface area contributed by atoms with Gasteiger partial charge in [-0.15, -0.1) is 0 Å². The lowest BCUT2D eigenvalue weighted by Crippen LogP contribution is -2.52. The molecule has 1 aliphatic heterocycles. The molecule has 2 atom stereocenters. The largest absolute Gasteiger partial charge is 0.359 e. The highest BCUT2D eigenvalue weighted by molar-refractivity contribution is 6.00. The van der Waals surface area contributed by atoms with Crippen molar-refractivity contribution in [1.29, 1.82) is 0 Å². The van der Waals surface area contributed by atoms with E-state index in [2.05, 4.69) is 15.8 Å². The fourth-order valence-corrected chi connectivity index (χ4v) is 3.73. The Morgan fingerprint density at radius 2 is 1.94 bits per heavy atom. The van der Waals surface area contributed by atoms with E-state index in [0.29, 0.717) is 18.6 Å². The number of hydrogen-bond acceptors (Lipinski definition) is 5. The number of nitrogens with zero attached hydrogens (tertiary/aromatic N) is 2. The van der Waals surface area contributed by atoms with Crippen molar-refractivity contribution in [1.82, 2.24) is 15.8 Å². The zero-order valence-corrected chi connectivity index (χ0v) is 17.7. The lowest BCUT2D eigenvalue weighted by molar-refractivity contribution is -0.128. The molecule has 2 amide bonds. The Morgan fingerprint density at radius 3 is 2.71 bits per heavy atom. The topological polar surface area (TPSA) is 87.5 Å². The molecule has 0 saturated heterocycles. The van der Waals surface area contributed by atoms with E-state index >= 15 is 0 Å². The average molecular weight is 418 g/mol. The van der Waals surface area contributed by atoms with Gasteiger partial charge < -0.3 is 20.1 Å². The molecule has 0 aliphatic carbocycles. The number of nitrogens with one attached hydrogen (secondary N) is 2. The second kappa shape index (κ2) is 9.14. The highest BCUT2D eigenvalue weighted by atomic mass is 16.5. The smallest absolute Gasteiger partial charge is 0.249 e. The summed E-state index contributed by atoms with van der Waals surface area (Å²) in [6.45, 7) is 2.01. The monoisotopic (exact) mass is 418 g/mol. The maximum absolute atomic E-state index is 13.5. The molecule has 4 rings (SSSR count). The molecule has 7 nitrogen and oxygen atoms in total. The predicted octanol–water partition coefficient (Wildman–Crippen LogP) is 2.91. The molecule has 1 unspecified atom stereocenters. The molecule has 0 bridgehead atoms. The van der Waals surface area contributed by atoms with Crippen LogP contribution in [0.15, 0.2) is 65.2 Å². The molecule has 2 aromatic carbocycles. The van der Waals surface area contributed by atoms with E-state index in [9.17, 15) is 9.59 Å². The van der Waals surface area contributed by atoms with Crippen LogP contribution in [0, 0.1) is 0 Å². The normalized spacial score (nSPS) is 17.0. The number of anilines is 1. The SMILES string of the molecule is CN[C@@H](C)C(=O)NC1CCc2ccccc2N(Cc2cc(-c3ccccc3)no2)C1=O. The first-order chi connectivity index (χ1) is 15.1. The Labute approximate surface area is 181 Å².